The highest BCUT2D eigenvalue weighted by Gasteiger charge is 2.07. The molecule has 0 heterocycles. The number of carbonyl (C=O) groups excluding carboxylic acids is 1. The van der Waals surface area contributed by atoms with Crippen LogP contribution in [0.25, 0.3) is 0 Å². The second-order valence-electron chi connectivity index (χ2n) is 3.00. The Morgan fingerprint density at radius 3 is 2.80 bits per heavy atom. The van der Waals surface area contributed by atoms with Crippen LogP contribution in [0, 0.1) is 6.92 Å². The predicted molar refractivity (Wildman–Crippen MR) is 58.1 cm³/mol. The van der Waals surface area contributed by atoms with E-state index in [1.165, 1.54) is 7.11 Å². The number of anilines is 1. The van der Waals surface area contributed by atoms with Crippen LogP contribution in [0.5, 0.6) is 5.75 Å². The Labute approximate surface area is 92.9 Å². The van der Waals surface area contributed by atoms with Crippen molar-refractivity contribution >= 4 is 23.3 Å². The third-order valence-electron chi connectivity index (χ3n) is 1.87. The van der Waals surface area contributed by atoms with Gasteiger partial charge in [-0.1, -0.05) is 11.6 Å². The lowest BCUT2D eigenvalue weighted by Crippen LogP contribution is -2.13. The van der Waals surface area contributed by atoms with Gasteiger partial charge in [-0.3, -0.25) is 0 Å². The minimum Gasteiger partial charge on any atom is -0.482 e. The van der Waals surface area contributed by atoms with Crippen molar-refractivity contribution < 1.29 is 14.3 Å². The fraction of sp³-hybridized carbons (Fsp3) is 0.300. The first-order valence-corrected chi connectivity index (χ1v) is 4.67. The predicted octanol–water partition coefficient (Wildman–Crippen LogP) is 1.78. The first-order valence-electron chi connectivity index (χ1n) is 4.30. The van der Waals surface area contributed by atoms with Crippen molar-refractivity contribution in [1.82, 2.24) is 0 Å². The number of esters is 1. The largest absolute Gasteiger partial charge is 0.482 e. The molecule has 0 amide bonds. The molecule has 1 aromatic rings. The maximum atomic E-state index is 10.8. The third kappa shape index (κ3) is 3.02. The normalized spacial score (nSPS) is 9.80. The Balaban J connectivity index is 2.77. The molecule has 0 bridgehead atoms. The summed E-state index contributed by atoms with van der Waals surface area (Å²) in [5.41, 5.74) is 6.84. The van der Waals surface area contributed by atoms with E-state index in [0.717, 1.165) is 5.56 Å². The van der Waals surface area contributed by atoms with Gasteiger partial charge < -0.3 is 15.2 Å². The monoisotopic (exact) mass is 229 g/mol. The van der Waals surface area contributed by atoms with E-state index in [1.54, 1.807) is 12.1 Å². The molecule has 2 N–H and O–H groups in total. The van der Waals surface area contributed by atoms with Crippen LogP contribution in [0.2, 0.25) is 5.02 Å². The highest BCUT2D eigenvalue weighted by Crippen LogP contribution is 2.28. The van der Waals surface area contributed by atoms with Crippen LogP contribution in [0.4, 0.5) is 5.69 Å². The summed E-state index contributed by atoms with van der Waals surface area (Å²) in [6.07, 6.45) is 0. The number of nitrogen functional groups attached to an aromatic ring is 1. The smallest absolute Gasteiger partial charge is 0.343 e. The number of rotatable bonds is 3. The van der Waals surface area contributed by atoms with Crippen LogP contribution in [0.15, 0.2) is 12.1 Å². The first-order chi connectivity index (χ1) is 7.04. The van der Waals surface area contributed by atoms with Crippen molar-refractivity contribution in [1.29, 1.82) is 0 Å². The molecule has 0 aliphatic carbocycles. The average molecular weight is 230 g/mol. The van der Waals surface area contributed by atoms with Gasteiger partial charge in [0.15, 0.2) is 6.61 Å². The van der Waals surface area contributed by atoms with Gasteiger partial charge in [0, 0.05) is 6.07 Å². The van der Waals surface area contributed by atoms with Crippen molar-refractivity contribution in [3.8, 4) is 5.75 Å². The maximum Gasteiger partial charge on any atom is 0.343 e. The number of benzene rings is 1. The number of hydrogen-bond donors (Lipinski definition) is 1. The number of halogens is 1. The number of ether oxygens (including phenoxy) is 2. The molecule has 0 aromatic heterocycles. The van der Waals surface area contributed by atoms with E-state index >= 15 is 0 Å². The van der Waals surface area contributed by atoms with E-state index < -0.39 is 5.97 Å². The minimum absolute atomic E-state index is 0.140. The quantitative estimate of drug-likeness (QED) is 0.634. The number of carbonyl (C=O) groups is 1. The molecule has 0 saturated heterocycles. The maximum absolute atomic E-state index is 10.8. The van der Waals surface area contributed by atoms with Gasteiger partial charge in [0.1, 0.15) is 5.75 Å². The first kappa shape index (κ1) is 11.7. The van der Waals surface area contributed by atoms with Crippen LogP contribution in [0.3, 0.4) is 0 Å². The van der Waals surface area contributed by atoms with Gasteiger partial charge in [0.05, 0.1) is 17.8 Å². The summed E-state index contributed by atoms with van der Waals surface area (Å²) >= 11 is 5.80. The lowest BCUT2D eigenvalue weighted by atomic mass is 10.2. The molecule has 82 valence electrons. The molecular formula is C10H12ClNO3. The zero-order valence-electron chi connectivity index (χ0n) is 8.54. The fourth-order valence-electron chi connectivity index (χ4n) is 1.02. The van der Waals surface area contributed by atoms with Crippen LogP contribution in [-0.4, -0.2) is 19.7 Å². The summed E-state index contributed by atoms with van der Waals surface area (Å²) in [4.78, 5) is 10.8. The standard InChI is InChI=1S/C10H12ClNO3/c1-6-3-7(11)8(12)4-9(6)15-5-10(13)14-2/h3-4H,5,12H2,1-2H3. The number of nitrogens with two attached hydrogens (primary N) is 1. The summed E-state index contributed by atoms with van der Waals surface area (Å²) in [7, 11) is 1.30. The van der Waals surface area contributed by atoms with Gasteiger partial charge in [0.2, 0.25) is 0 Å². The van der Waals surface area contributed by atoms with E-state index in [1.807, 2.05) is 6.92 Å². The molecule has 0 atom stereocenters. The van der Waals surface area contributed by atoms with Crippen LogP contribution in [-0.2, 0) is 9.53 Å². The van der Waals surface area contributed by atoms with Crippen LogP contribution < -0.4 is 10.5 Å². The van der Waals surface area contributed by atoms with E-state index in [9.17, 15) is 4.79 Å². The van der Waals surface area contributed by atoms with Gasteiger partial charge in [-0.05, 0) is 18.6 Å². The Kier molecular flexibility index (Phi) is 3.80. The van der Waals surface area contributed by atoms with Crippen molar-refractivity contribution in [3.05, 3.63) is 22.7 Å². The molecule has 0 spiro atoms. The summed E-state index contributed by atoms with van der Waals surface area (Å²) in [6.45, 7) is 1.68. The zero-order chi connectivity index (χ0) is 11.4. The van der Waals surface area contributed by atoms with Gasteiger partial charge in [-0.15, -0.1) is 0 Å². The fourth-order valence-corrected chi connectivity index (χ4v) is 1.24. The second-order valence-corrected chi connectivity index (χ2v) is 3.41. The van der Waals surface area contributed by atoms with Gasteiger partial charge in [-0.25, -0.2) is 4.79 Å². The molecule has 1 rings (SSSR count). The van der Waals surface area contributed by atoms with Crippen molar-refractivity contribution in [3.63, 3.8) is 0 Å². The number of methoxy groups -OCH3 is 1. The molecule has 0 radical (unpaired) electrons. The van der Waals surface area contributed by atoms with E-state index in [-0.39, 0.29) is 6.61 Å². The summed E-state index contributed by atoms with van der Waals surface area (Å²) in [5.74, 6) is 0.0882. The van der Waals surface area contributed by atoms with Crippen LogP contribution >= 0.6 is 11.6 Å². The number of hydrogen-bond acceptors (Lipinski definition) is 4. The lowest BCUT2D eigenvalue weighted by Gasteiger charge is -2.09. The molecule has 4 nitrogen and oxygen atoms in total. The Hall–Kier alpha value is -1.42. The molecule has 0 saturated carbocycles. The van der Waals surface area contributed by atoms with E-state index in [2.05, 4.69) is 4.74 Å². The highest BCUT2D eigenvalue weighted by molar-refractivity contribution is 6.33. The Bertz CT molecular complexity index is 379. The highest BCUT2D eigenvalue weighted by atomic mass is 35.5. The second kappa shape index (κ2) is 4.89. The molecular weight excluding hydrogens is 218 g/mol. The summed E-state index contributed by atoms with van der Waals surface area (Å²) in [5, 5.41) is 0.470. The molecule has 0 fully saturated rings. The summed E-state index contributed by atoms with van der Waals surface area (Å²) < 4.78 is 9.66. The molecule has 0 aliphatic rings. The Morgan fingerprint density at radius 1 is 1.53 bits per heavy atom. The van der Waals surface area contributed by atoms with Crippen molar-refractivity contribution in [2.75, 3.05) is 19.5 Å². The van der Waals surface area contributed by atoms with E-state index in [4.69, 9.17) is 22.1 Å². The summed E-state index contributed by atoms with van der Waals surface area (Å²) in [6, 6.07) is 3.27. The lowest BCUT2D eigenvalue weighted by molar-refractivity contribution is -0.142. The van der Waals surface area contributed by atoms with Gasteiger partial charge in [-0.2, -0.15) is 0 Å². The molecule has 0 aliphatic heterocycles. The SMILES string of the molecule is COC(=O)COc1cc(N)c(Cl)cc1C. The molecule has 15 heavy (non-hydrogen) atoms. The van der Waals surface area contributed by atoms with Crippen LogP contribution in [0.1, 0.15) is 5.56 Å². The minimum atomic E-state index is -0.442. The van der Waals surface area contributed by atoms with E-state index in [0.29, 0.717) is 16.5 Å². The number of aryl methyl sites for hydroxylation is 1. The zero-order valence-corrected chi connectivity index (χ0v) is 9.30. The van der Waals surface area contributed by atoms with Crippen molar-refractivity contribution in [2.24, 2.45) is 0 Å². The molecule has 5 heteroatoms. The molecule has 0 unspecified atom stereocenters. The molecule has 1 aromatic carbocycles. The van der Waals surface area contributed by atoms with Gasteiger partial charge >= 0.3 is 5.97 Å². The topological polar surface area (TPSA) is 61.5 Å². The Morgan fingerprint density at radius 2 is 2.20 bits per heavy atom. The van der Waals surface area contributed by atoms with Crippen molar-refractivity contribution in [2.45, 2.75) is 6.92 Å². The third-order valence-corrected chi connectivity index (χ3v) is 2.19. The van der Waals surface area contributed by atoms with Gasteiger partial charge in [0.25, 0.3) is 0 Å². The average Bonchev–Trinajstić information content (AvgIpc) is 2.21.